The Kier molecular flexibility index (Phi) is 5.82. The molecule has 19 heavy (non-hydrogen) atoms. The molecule has 3 nitrogen and oxygen atoms in total. The van der Waals surface area contributed by atoms with Crippen LogP contribution in [-0.4, -0.2) is 55.1 Å². The molecule has 1 aliphatic heterocycles. The van der Waals surface area contributed by atoms with Crippen LogP contribution >= 0.6 is 11.3 Å². The third-order valence-electron chi connectivity index (χ3n) is 4.23. The second kappa shape index (κ2) is 7.39. The molecule has 2 N–H and O–H groups in total. The average molecular weight is 281 g/mol. The first-order chi connectivity index (χ1) is 9.15. The highest BCUT2D eigenvalue weighted by molar-refractivity contribution is 7.09. The number of thiophene rings is 1. The van der Waals surface area contributed by atoms with E-state index < -0.39 is 0 Å². The van der Waals surface area contributed by atoms with Gasteiger partial charge in [-0.05, 0) is 57.8 Å². The number of nitrogens with zero attached hydrogens (tertiary/aromatic N) is 2. The van der Waals surface area contributed by atoms with Crippen LogP contribution in [0.2, 0.25) is 0 Å². The molecule has 0 saturated carbocycles. The first-order valence-corrected chi connectivity index (χ1v) is 8.23. The molecule has 1 aliphatic rings. The lowest BCUT2D eigenvalue weighted by molar-refractivity contribution is 0.168. The van der Waals surface area contributed by atoms with Gasteiger partial charge in [0.15, 0.2) is 0 Å². The van der Waals surface area contributed by atoms with Crippen LogP contribution in [0.25, 0.3) is 0 Å². The summed E-state index contributed by atoms with van der Waals surface area (Å²) in [6, 6.07) is 5.43. The summed E-state index contributed by atoms with van der Waals surface area (Å²) >= 11 is 1.86. The van der Waals surface area contributed by atoms with E-state index in [0.29, 0.717) is 12.1 Å². The molecule has 4 heteroatoms. The molecular weight excluding hydrogens is 254 g/mol. The number of hydrogen-bond acceptors (Lipinski definition) is 4. The molecule has 0 bridgehead atoms. The maximum atomic E-state index is 5.94. The van der Waals surface area contributed by atoms with Gasteiger partial charge >= 0.3 is 0 Å². The normalized spacial score (nSPS) is 20.0. The Hall–Kier alpha value is -0.420. The maximum Gasteiger partial charge on any atom is 0.0113 e. The summed E-state index contributed by atoms with van der Waals surface area (Å²) < 4.78 is 0. The summed E-state index contributed by atoms with van der Waals surface area (Å²) in [5, 5.41) is 2.17. The van der Waals surface area contributed by atoms with Crippen molar-refractivity contribution in [1.29, 1.82) is 0 Å². The summed E-state index contributed by atoms with van der Waals surface area (Å²) in [5.74, 6) is 0. The van der Waals surface area contributed by atoms with E-state index in [-0.39, 0.29) is 0 Å². The predicted molar refractivity (Wildman–Crippen MR) is 83.8 cm³/mol. The van der Waals surface area contributed by atoms with Crippen LogP contribution in [0.15, 0.2) is 17.5 Å². The highest BCUT2D eigenvalue weighted by atomic mass is 32.1. The summed E-state index contributed by atoms with van der Waals surface area (Å²) in [7, 11) is 2.24. The van der Waals surface area contributed by atoms with E-state index in [9.17, 15) is 0 Å². The molecule has 0 aliphatic carbocycles. The zero-order valence-electron chi connectivity index (χ0n) is 12.2. The van der Waals surface area contributed by atoms with Crippen molar-refractivity contribution in [2.24, 2.45) is 5.73 Å². The third-order valence-corrected chi connectivity index (χ3v) is 5.13. The van der Waals surface area contributed by atoms with Crippen molar-refractivity contribution in [3.05, 3.63) is 22.4 Å². The van der Waals surface area contributed by atoms with Gasteiger partial charge in [-0.25, -0.2) is 0 Å². The van der Waals surface area contributed by atoms with Crippen molar-refractivity contribution in [3.63, 3.8) is 0 Å². The number of piperidine rings is 1. The lowest BCUT2D eigenvalue weighted by Gasteiger charge is -2.32. The van der Waals surface area contributed by atoms with E-state index in [2.05, 4.69) is 41.3 Å². The van der Waals surface area contributed by atoms with E-state index >= 15 is 0 Å². The molecule has 1 aromatic rings. The van der Waals surface area contributed by atoms with Crippen molar-refractivity contribution in [3.8, 4) is 0 Å². The first-order valence-electron chi connectivity index (χ1n) is 7.35. The monoisotopic (exact) mass is 281 g/mol. The van der Waals surface area contributed by atoms with Crippen molar-refractivity contribution in [2.75, 3.05) is 33.2 Å². The smallest absolute Gasteiger partial charge is 0.0113 e. The van der Waals surface area contributed by atoms with Crippen LogP contribution in [0.3, 0.4) is 0 Å². The molecule has 1 fully saturated rings. The molecule has 0 spiro atoms. The van der Waals surface area contributed by atoms with Crippen LogP contribution in [0.5, 0.6) is 0 Å². The van der Waals surface area contributed by atoms with Gasteiger partial charge in [-0.3, -0.25) is 0 Å². The minimum atomic E-state index is 0.437. The molecule has 0 radical (unpaired) electrons. The largest absolute Gasteiger partial charge is 0.328 e. The second-order valence-electron chi connectivity index (χ2n) is 5.79. The zero-order valence-corrected chi connectivity index (χ0v) is 13.0. The van der Waals surface area contributed by atoms with Gasteiger partial charge in [-0.1, -0.05) is 6.07 Å². The van der Waals surface area contributed by atoms with Crippen LogP contribution in [0.1, 0.15) is 24.6 Å². The molecule has 0 aromatic carbocycles. The predicted octanol–water partition coefficient (Wildman–Crippen LogP) is 2.03. The number of hydrogen-bond donors (Lipinski definition) is 1. The van der Waals surface area contributed by atoms with Crippen LogP contribution < -0.4 is 5.73 Å². The van der Waals surface area contributed by atoms with Gasteiger partial charge in [0.25, 0.3) is 0 Å². The SMILES string of the molecule is CC(Cc1cccs1)N(C)CCN1CCC(N)CC1. The lowest BCUT2D eigenvalue weighted by Crippen LogP contribution is -2.44. The number of likely N-dealkylation sites (N-methyl/N-ethyl adjacent to an activating group) is 1. The number of nitrogens with two attached hydrogens (primary N) is 1. The minimum Gasteiger partial charge on any atom is -0.328 e. The molecule has 2 rings (SSSR count). The fourth-order valence-corrected chi connectivity index (χ4v) is 3.40. The van der Waals surface area contributed by atoms with E-state index in [1.807, 2.05) is 11.3 Å². The maximum absolute atomic E-state index is 5.94. The Morgan fingerprint density at radius 2 is 2.21 bits per heavy atom. The Morgan fingerprint density at radius 3 is 2.84 bits per heavy atom. The molecule has 1 aromatic heterocycles. The van der Waals surface area contributed by atoms with Gasteiger partial charge in [-0.2, -0.15) is 0 Å². The summed E-state index contributed by atoms with van der Waals surface area (Å²) in [4.78, 5) is 6.52. The fraction of sp³-hybridized carbons (Fsp3) is 0.733. The first kappa shape index (κ1) is 15.0. The molecular formula is C15H27N3S. The molecule has 2 heterocycles. The summed E-state index contributed by atoms with van der Waals surface area (Å²) in [6.45, 7) is 7.01. The Labute approximate surface area is 121 Å². The Bertz CT molecular complexity index is 344. The van der Waals surface area contributed by atoms with Gasteiger partial charge in [0.05, 0.1) is 0 Å². The van der Waals surface area contributed by atoms with E-state index in [1.165, 1.54) is 30.9 Å². The minimum absolute atomic E-state index is 0.437. The van der Waals surface area contributed by atoms with Crippen molar-refractivity contribution in [2.45, 2.75) is 38.3 Å². The fourth-order valence-electron chi connectivity index (χ4n) is 2.57. The molecule has 1 atom stereocenters. The van der Waals surface area contributed by atoms with Crippen LogP contribution in [0.4, 0.5) is 0 Å². The summed E-state index contributed by atoms with van der Waals surface area (Å²) in [6.07, 6.45) is 3.49. The van der Waals surface area contributed by atoms with Gasteiger partial charge < -0.3 is 15.5 Å². The van der Waals surface area contributed by atoms with Gasteiger partial charge in [0.1, 0.15) is 0 Å². The molecule has 108 valence electrons. The number of rotatable bonds is 6. The highest BCUT2D eigenvalue weighted by Gasteiger charge is 2.17. The molecule has 1 unspecified atom stereocenters. The van der Waals surface area contributed by atoms with E-state index in [4.69, 9.17) is 5.73 Å². The molecule has 1 saturated heterocycles. The van der Waals surface area contributed by atoms with Crippen LogP contribution in [0, 0.1) is 0 Å². The van der Waals surface area contributed by atoms with Gasteiger partial charge in [0.2, 0.25) is 0 Å². The quantitative estimate of drug-likeness (QED) is 0.866. The molecule has 0 amide bonds. The van der Waals surface area contributed by atoms with Crippen molar-refractivity contribution < 1.29 is 0 Å². The van der Waals surface area contributed by atoms with Crippen molar-refractivity contribution in [1.82, 2.24) is 9.80 Å². The van der Waals surface area contributed by atoms with Crippen LogP contribution in [-0.2, 0) is 6.42 Å². The third kappa shape index (κ3) is 4.88. The topological polar surface area (TPSA) is 32.5 Å². The summed E-state index contributed by atoms with van der Waals surface area (Å²) in [5.41, 5.74) is 5.94. The Morgan fingerprint density at radius 1 is 1.47 bits per heavy atom. The number of likely N-dealkylation sites (tertiary alicyclic amines) is 1. The van der Waals surface area contributed by atoms with Gasteiger partial charge in [-0.15, -0.1) is 11.3 Å². The van der Waals surface area contributed by atoms with E-state index in [0.717, 1.165) is 19.4 Å². The lowest BCUT2D eigenvalue weighted by atomic mass is 10.1. The average Bonchev–Trinajstić information content (AvgIpc) is 2.90. The highest BCUT2D eigenvalue weighted by Crippen LogP contribution is 2.14. The van der Waals surface area contributed by atoms with Crippen molar-refractivity contribution >= 4 is 11.3 Å². The van der Waals surface area contributed by atoms with Gasteiger partial charge in [0, 0.05) is 30.1 Å². The zero-order chi connectivity index (χ0) is 13.7. The second-order valence-corrected chi connectivity index (χ2v) is 6.82. The Balaban J connectivity index is 1.67. The standard InChI is InChI=1S/C15H27N3S/c1-13(12-15-4-3-11-19-15)17(2)9-10-18-7-5-14(16)6-8-18/h3-4,11,13-14H,5-10,12,16H2,1-2H3. The van der Waals surface area contributed by atoms with E-state index in [1.54, 1.807) is 0 Å².